The molecule has 0 unspecified atom stereocenters. The summed E-state index contributed by atoms with van der Waals surface area (Å²) in [7, 11) is 0. The van der Waals surface area contributed by atoms with E-state index in [-0.39, 0.29) is 30.5 Å². The molecule has 0 spiro atoms. The minimum absolute atomic E-state index is 0. The average Bonchev–Trinajstić information content (AvgIpc) is 2.29. The van der Waals surface area contributed by atoms with Gasteiger partial charge in [0.15, 0.2) is 0 Å². The summed E-state index contributed by atoms with van der Waals surface area (Å²) >= 11 is 0. The van der Waals surface area contributed by atoms with Gasteiger partial charge in [0.05, 0.1) is 6.61 Å². The van der Waals surface area contributed by atoms with E-state index < -0.39 is 0 Å². The summed E-state index contributed by atoms with van der Waals surface area (Å²) in [6, 6.07) is 7.54. The maximum absolute atomic E-state index is 9.29. The molecule has 0 radical (unpaired) electrons. The molecule has 0 aliphatic rings. The van der Waals surface area contributed by atoms with Crippen LogP contribution in [0.1, 0.15) is 32.4 Å². The van der Waals surface area contributed by atoms with Crippen LogP contribution < -0.4 is 10.5 Å². The summed E-state index contributed by atoms with van der Waals surface area (Å²) in [5.74, 6) is 0.823. The number of rotatable bonds is 5. The number of benzene rings is 1. The summed E-state index contributed by atoms with van der Waals surface area (Å²) in [4.78, 5) is 0. The molecule has 0 saturated heterocycles. The number of halogens is 1. The summed E-state index contributed by atoms with van der Waals surface area (Å²) in [5.41, 5.74) is 6.79. The number of ether oxygens (including phenoxy) is 1. The van der Waals surface area contributed by atoms with Crippen molar-refractivity contribution in [3.8, 4) is 5.75 Å². The van der Waals surface area contributed by atoms with Crippen LogP contribution in [0.5, 0.6) is 5.75 Å². The Morgan fingerprint density at radius 3 is 2.59 bits per heavy atom. The Bertz CT molecular complexity index is 342. The third-order valence-electron chi connectivity index (χ3n) is 2.78. The van der Waals surface area contributed by atoms with Crippen molar-refractivity contribution in [1.29, 1.82) is 0 Å². The van der Waals surface area contributed by atoms with Crippen LogP contribution in [0.15, 0.2) is 24.3 Å². The van der Waals surface area contributed by atoms with Gasteiger partial charge in [-0.05, 0) is 24.6 Å². The normalized spacial score (nSPS) is 12.8. The van der Waals surface area contributed by atoms with Gasteiger partial charge in [0.2, 0.25) is 0 Å². The molecule has 1 aromatic carbocycles. The number of aliphatic hydroxyl groups excluding tert-OH is 1. The molecule has 0 aromatic heterocycles. The summed E-state index contributed by atoms with van der Waals surface area (Å²) < 4.78 is 5.42. The van der Waals surface area contributed by atoms with Crippen LogP contribution in [0.25, 0.3) is 0 Å². The first kappa shape index (κ1) is 16.2. The van der Waals surface area contributed by atoms with Gasteiger partial charge in [-0.2, -0.15) is 0 Å². The van der Waals surface area contributed by atoms with E-state index in [4.69, 9.17) is 10.5 Å². The first-order valence-corrected chi connectivity index (χ1v) is 5.60. The van der Waals surface area contributed by atoms with Gasteiger partial charge in [-0.1, -0.05) is 26.0 Å². The Morgan fingerprint density at radius 2 is 2.06 bits per heavy atom. The Kier molecular flexibility index (Phi) is 6.53. The lowest BCUT2D eigenvalue weighted by Gasteiger charge is -2.29. The third-order valence-corrected chi connectivity index (χ3v) is 2.78. The maximum Gasteiger partial charge on any atom is 0.119 e. The van der Waals surface area contributed by atoms with E-state index in [9.17, 15) is 5.11 Å². The first-order valence-electron chi connectivity index (χ1n) is 5.60. The molecule has 1 aromatic rings. The van der Waals surface area contributed by atoms with Gasteiger partial charge in [0.25, 0.3) is 0 Å². The molecule has 3 nitrogen and oxygen atoms in total. The smallest absolute Gasteiger partial charge is 0.119 e. The quantitative estimate of drug-likeness (QED) is 0.854. The van der Waals surface area contributed by atoms with Crippen molar-refractivity contribution in [2.24, 2.45) is 11.1 Å². The molecular formula is C13H22ClNO2. The predicted octanol–water partition coefficient (Wildman–Crippen LogP) is 2.53. The predicted molar refractivity (Wildman–Crippen MR) is 72.7 cm³/mol. The highest BCUT2D eigenvalue weighted by Crippen LogP contribution is 2.31. The van der Waals surface area contributed by atoms with Gasteiger partial charge in [0.1, 0.15) is 5.75 Å². The molecule has 1 atom stereocenters. The van der Waals surface area contributed by atoms with E-state index in [0.717, 1.165) is 11.3 Å². The molecule has 0 fully saturated rings. The van der Waals surface area contributed by atoms with Crippen LogP contribution in [0.2, 0.25) is 0 Å². The lowest BCUT2D eigenvalue weighted by Crippen LogP contribution is -2.32. The standard InChI is InChI=1S/C13H21NO2.ClH/c1-4-16-11-7-5-6-10(8-11)12(14)13(2,3)9-15;/h5-8,12,15H,4,9,14H2,1-3H3;1H/t12-;/m1./s1. The zero-order chi connectivity index (χ0) is 12.2. The second-order valence-corrected chi connectivity index (χ2v) is 4.63. The molecule has 4 heteroatoms. The molecular weight excluding hydrogens is 238 g/mol. The van der Waals surface area contributed by atoms with Crippen molar-refractivity contribution in [2.45, 2.75) is 26.8 Å². The van der Waals surface area contributed by atoms with Crippen LogP contribution in [0.4, 0.5) is 0 Å². The molecule has 1 rings (SSSR count). The number of nitrogens with two attached hydrogens (primary N) is 1. The highest BCUT2D eigenvalue weighted by molar-refractivity contribution is 5.85. The number of hydrogen-bond acceptors (Lipinski definition) is 3. The lowest BCUT2D eigenvalue weighted by molar-refractivity contribution is 0.132. The fourth-order valence-electron chi connectivity index (χ4n) is 1.51. The second kappa shape index (κ2) is 6.84. The minimum atomic E-state index is -0.329. The Hall–Kier alpha value is -0.770. The monoisotopic (exact) mass is 259 g/mol. The van der Waals surface area contributed by atoms with Gasteiger partial charge < -0.3 is 15.6 Å². The first-order chi connectivity index (χ1) is 7.51. The number of hydrogen-bond donors (Lipinski definition) is 2. The van der Waals surface area contributed by atoms with Gasteiger partial charge >= 0.3 is 0 Å². The number of aliphatic hydroxyl groups is 1. The lowest BCUT2D eigenvalue weighted by atomic mass is 9.82. The van der Waals surface area contributed by atoms with Crippen molar-refractivity contribution >= 4 is 12.4 Å². The van der Waals surface area contributed by atoms with Crippen LogP contribution in [-0.2, 0) is 0 Å². The zero-order valence-electron chi connectivity index (χ0n) is 10.6. The van der Waals surface area contributed by atoms with Crippen molar-refractivity contribution in [2.75, 3.05) is 13.2 Å². The molecule has 0 aliphatic carbocycles. The van der Waals surface area contributed by atoms with Gasteiger partial charge in [-0.3, -0.25) is 0 Å². The Balaban J connectivity index is 0.00000256. The van der Waals surface area contributed by atoms with Crippen LogP contribution in [-0.4, -0.2) is 18.3 Å². The zero-order valence-corrected chi connectivity index (χ0v) is 11.5. The van der Waals surface area contributed by atoms with Gasteiger partial charge in [-0.25, -0.2) is 0 Å². The highest BCUT2D eigenvalue weighted by Gasteiger charge is 2.27. The van der Waals surface area contributed by atoms with E-state index in [1.807, 2.05) is 45.0 Å². The van der Waals surface area contributed by atoms with Gasteiger partial charge in [0, 0.05) is 18.1 Å². The largest absolute Gasteiger partial charge is 0.494 e. The van der Waals surface area contributed by atoms with Crippen molar-refractivity contribution in [1.82, 2.24) is 0 Å². The molecule has 0 heterocycles. The van der Waals surface area contributed by atoms with E-state index in [1.54, 1.807) is 0 Å². The van der Waals surface area contributed by atoms with Crippen LogP contribution in [0.3, 0.4) is 0 Å². The second-order valence-electron chi connectivity index (χ2n) is 4.63. The summed E-state index contributed by atoms with van der Waals surface area (Å²) in [6.45, 7) is 6.55. The van der Waals surface area contributed by atoms with Crippen molar-refractivity contribution in [3.05, 3.63) is 29.8 Å². The molecule has 0 bridgehead atoms. The third kappa shape index (κ3) is 4.19. The average molecular weight is 260 g/mol. The highest BCUT2D eigenvalue weighted by atomic mass is 35.5. The molecule has 0 aliphatic heterocycles. The molecule has 98 valence electrons. The van der Waals surface area contributed by atoms with Crippen LogP contribution in [0, 0.1) is 5.41 Å². The van der Waals surface area contributed by atoms with E-state index in [2.05, 4.69) is 0 Å². The summed E-state index contributed by atoms with van der Waals surface area (Å²) in [6.07, 6.45) is 0. The van der Waals surface area contributed by atoms with E-state index in [0.29, 0.717) is 6.61 Å². The minimum Gasteiger partial charge on any atom is -0.494 e. The van der Waals surface area contributed by atoms with Crippen molar-refractivity contribution in [3.63, 3.8) is 0 Å². The Labute approximate surface area is 109 Å². The van der Waals surface area contributed by atoms with E-state index in [1.165, 1.54) is 0 Å². The maximum atomic E-state index is 9.29. The van der Waals surface area contributed by atoms with Gasteiger partial charge in [-0.15, -0.1) is 12.4 Å². The molecule has 17 heavy (non-hydrogen) atoms. The van der Waals surface area contributed by atoms with Crippen molar-refractivity contribution < 1.29 is 9.84 Å². The fourth-order valence-corrected chi connectivity index (χ4v) is 1.51. The Morgan fingerprint density at radius 1 is 1.41 bits per heavy atom. The SMILES string of the molecule is CCOc1cccc([C@@H](N)C(C)(C)CO)c1.Cl. The molecule has 0 saturated carbocycles. The summed E-state index contributed by atoms with van der Waals surface area (Å²) in [5, 5.41) is 9.29. The van der Waals surface area contributed by atoms with Crippen LogP contribution >= 0.6 is 12.4 Å². The fraction of sp³-hybridized carbons (Fsp3) is 0.538. The van der Waals surface area contributed by atoms with E-state index >= 15 is 0 Å². The topological polar surface area (TPSA) is 55.5 Å². The molecule has 0 amide bonds. The molecule has 3 N–H and O–H groups in total.